The van der Waals surface area contributed by atoms with Gasteiger partial charge >= 0.3 is 0 Å². The lowest BCUT2D eigenvalue weighted by Gasteiger charge is -2.22. The molecular weight excluding hydrogens is 252 g/mol. The van der Waals surface area contributed by atoms with Crippen molar-refractivity contribution in [2.45, 2.75) is 51.6 Å². The van der Waals surface area contributed by atoms with Gasteiger partial charge in [0, 0.05) is 13.0 Å². The fourth-order valence-electron chi connectivity index (χ4n) is 2.18. The number of hydrogen-bond acceptors (Lipinski definition) is 3. The molecule has 0 aromatic heterocycles. The third-order valence-electron chi connectivity index (χ3n) is 3.51. The summed E-state index contributed by atoms with van der Waals surface area (Å²) in [5.41, 5.74) is 0. The maximum absolute atomic E-state index is 11.5. The Bertz CT molecular complexity index is 221. The van der Waals surface area contributed by atoms with Crippen LogP contribution in [0.3, 0.4) is 0 Å². The molecule has 0 radical (unpaired) electrons. The third kappa shape index (κ3) is 7.90. The second-order valence-electron chi connectivity index (χ2n) is 4.93. The van der Waals surface area contributed by atoms with Crippen LogP contribution in [-0.4, -0.2) is 36.8 Å². The molecule has 0 aliphatic carbocycles. The normalized spacial score (nSPS) is 17.9. The monoisotopic (exact) mass is 278 g/mol. The van der Waals surface area contributed by atoms with Crippen LogP contribution in [0.2, 0.25) is 0 Å². The van der Waals surface area contributed by atoms with Crippen LogP contribution in [0.1, 0.15) is 45.4 Å². The van der Waals surface area contributed by atoms with Gasteiger partial charge in [-0.1, -0.05) is 6.92 Å². The first-order chi connectivity index (χ1) is 8.22. The summed E-state index contributed by atoms with van der Waals surface area (Å²) in [6, 6.07) is 0. The van der Waals surface area contributed by atoms with E-state index in [0.717, 1.165) is 25.9 Å². The minimum absolute atomic E-state index is 0. The van der Waals surface area contributed by atoms with Crippen LogP contribution in [0.4, 0.5) is 0 Å². The number of aliphatic hydroxyl groups is 1. The second kappa shape index (κ2) is 10.6. The minimum atomic E-state index is -0.278. The lowest BCUT2D eigenvalue weighted by atomic mass is 9.93. The van der Waals surface area contributed by atoms with Crippen molar-refractivity contribution >= 4 is 18.3 Å². The fraction of sp³-hybridized carbons (Fsp3) is 0.923. The molecule has 1 fully saturated rings. The Balaban J connectivity index is 0.00000289. The Morgan fingerprint density at radius 3 is 2.72 bits per heavy atom. The highest BCUT2D eigenvalue weighted by Gasteiger charge is 2.14. The highest BCUT2D eigenvalue weighted by atomic mass is 35.5. The first-order valence-corrected chi connectivity index (χ1v) is 6.87. The molecule has 1 unspecified atom stereocenters. The van der Waals surface area contributed by atoms with Crippen molar-refractivity contribution in [3.8, 4) is 0 Å². The van der Waals surface area contributed by atoms with E-state index >= 15 is 0 Å². The van der Waals surface area contributed by atoms with E-state index in [-0.39, 0.29) is 24.4 Å². The molecule has 3 N–H and O–H groups in total. The first kappa shape index (κ1) is 17.7. The van der Waals surface area contributed by atoms with Crippen molar-refractivity contribution in [1.82, 2.24) is 10.6 Å². The first-order valence-electron chi connectivity index (χ1n) is 6.87. The average molecular weight is 279 g/mol. The van der Waals surface area contributed by atoms with Crippen molar-refractivity contribution < 1.29 is 9.90 Å². The molecule has 1 heterocycles. The van der Waals surface area contributed by atoms with Gasteiger partial charge in [0.1, 0.15) is 0 Å². The van der Waals surface area contributed by atoms with Crippen LogP contribution in [0, 0.1) is 5.92 Å². The molecule has 108 valence electrons. The maximum atomic E-state index is 11.5. The van der Waals surface area contributed by atoms with Crippen LogP contribution in [0.15, 0.2) is 0 Å². The summed E-state index contributed by atoms with van der Waals surface area (Å²) in [4.78, 5) is 11.5. The highest BCUT2D eigenvalue weighted by molar-refractivity contribution is 5.85. The molecule has 5 heteroatoms. The van der Waals surface area contributed by atoms with Gasteiger partial charge in [0.05, 0.1) is 6.10 Å². The van der Waals surface area contributed by atoms with Gasteiger partial charge in [-0.25, -0.2) is 0 Å². The number of amides is 1. The number of aliphatic hydroxyl groups excluding tert-OH is 1. The Labute approximate surface area is 116 Å². The molecule has 0 aromatic rings. The summed E-state index contributed by atoms with van der Waals surface area (Å²) in [6.07, 6.45) is 5.17. The van der Waals surface area contributed by atoms with E-state index in [4.69, 9.17) is 0 Å². The standard InChI is InChI=1S/C13H26N2O2.ClH/c1-2-12(16)7-10-15-13(17)4-3-11-5-8-14-9-6-11;/h11-12,14,16H,2-10H2,1H3,(H,15,17);1H. The fourth-order valence-corrected chi connectivity index (χ4v) is 2.18. The molecule has 1 saturated heterocycles. The molecule has 1 rings (SSSR count). The van der Waals surface area contributed by atoms with E-state index in [2.05, 4.69) is 10.6 Å². The van der Waals surface area contributed by atoms with E-state index in [1.807, 2.05) is 6.92 Å². The second-order valence-corrected chi connectivity index (χ2v) is 4.93. The van der Waals surface area contributed by atoms with Crippen LogP contribution in [-0.2, 0) is 4.79 Å². The minimum Gasteiger partial charge on any atom is -0.393 e. The smallest absolute Gasteiger partial charge is 0.220 e. The number of hydrogen-bond donors (Lipinski definition) is 3. The van der Waals surface area contributed by atoms with E-state index in [1.54, 1.807) is 0 Å². The topological polar surface area (TPSA) is 61.4 Å². The Morgan fingerprint density at radius 1 is 1.44 bits per heavy atom. The molecule has 1 amide bonds. The predicted octanol–water partition coefficient (Wildman–Crippen LogP) is 1.47. The van der Waals surface area contributed by atoms with Gasteiger partial charge in [-0.3, -0.25) is 4.79 Å². The van der Waals surface area contributed by atoms with Crippen molar-refractivity contribution in [1.29, 1.82) is 0 Å². The Hall–Kier alpha value is -0.320. The predicted molar refractivity (Wildman–Crippen MR) is 76.0 cm³/mol. The summed E-state index contributed by atoms with van der Waals surface area (Å²) in [5, 5.41) is 15.5. The molecule has 0 bridgehead atoms. The molecule has 0 aromatic carbocycles. The number of nitrogens with one attached hydrogen (secondary N) is 2. The number of carbonyl (C=O) groups is 1. The summed E-state index contributed by atoms with van der Waals surface area (Å²) in [5.74, 6) is 0.843. The summed E-state index contributed by atoms with van der Waals surface area (Å²) < 4.78 is 0. The summed E-state index contributed by atoms with van der Waals surface area (Å²) in [7, 11) is 0. The SMILES string of the molecule is CCC(O)CCNC(=O)CCC1CCNCC1.Cl. The Morgan fingerprint density at radius 2 is 2.11 bits per heavy atom. The van der Waals surface area contributed by atoms with Crippen LogP contribution in [0.5, 0.6) is 0 Å². The third-order valence-corrected chi connectivity index (χ3v) is 3.51. The zero-order valence-electron chi connectivity index (χ0n) is 11.3. The lowest BCUT2D eigenvalue weighted by molar-refractivity contribution is -0.121. The molecule has 1 aliphatic heterocycles. The van der Waals surface area contributed by atoms with Crippen molar-refractivity contribution in [3.05, 3.63) is 0 Å². The maximum Gasteiger partial charge on any atom is 0.220 e. The number of piperidine rings is 1. The van der Waals surface area contributed by atoms with E-state index in [0.29, 0.717) is 25.3 Å². The highest BCUT2D eigenvalue weighted by Crippen LogP contribution is 2.17. The number of rotatable bonds is 7. The molecule has 0 saturated carbocycles. The van der Waals surface area contributed by atoms with Crippen molar-refractivity contribution in [3.63, 3.8) is 0 Å². The van der Waals surface area contributed by atoms with E-state index in [1.165, 1.54) is 12.8 Å². The molecular formula is C13H27ClN2O2. The molecule has 1 atom stereocenters. The average Bonchev–Trinajstić information content (AvgIpc) is 2.37. The molecule has 18 heavy (non-hydrogen) atoms. The van der Waals surface area contributed by atoms with Gasteiger partial charge < -0.3 is 15.7 Å². The summed E-state index contributed by atoms with van der Waals surface area (Å²) >= 11 is 0. The molecule has 4 nitrogen and oxygen atoms in total. The van der Waals surface area contributed by atoms with Gasteiger partial charge in [-0.05, 0) is 51.1 Å². The Kier molecular flexibility index (Phi) is 10.4. The van der Waals surface area contributed by atoms with Crippen LogP contribution >= 0.6 is 12.4 Å². The quantitative estimate of drug-likeness (QED) is 0.661. The number of halogens is 1. The lowest BCUT2D eigenvalue weighted by Crippen LogP contribution is -2.30. The molecule has 1 aliphatic rings. The molecule has 0 spiro atoms. The van der Waals surface area contributed by atoms with Crippen molar-refractivity contribution in [2.24, 2.45) is 5.92 Å². The van der Waals surface area contributed by atoms with Crippen molar-refractivity contribution in [2.75, 3.05) is 19.6 Å². The zero-order valence-corrected chi connectivity index (χ0v) is 12.1. The van der Waals surface area contributed by atoms with Gasteiger partial charge in [0.15, 0.2) is 0 Å². The van der Waals surface area contributed by atoms with E-state index < -0.39 is 0 Å². The van der Waals surface area contributed by atoms with Gasteiger partial charge in [0.25, 0.3) is 0 Å². The van der Waals surface area contributed by atoms with Crippen LogP contribution < -0.4 is 10.6 Å². The number of carbonyl (C=O) groups excluding carboxylic acids is 1. The van der Waals surface area contributed by atoms with Gasteiger partial charge in [-0.2, -0.15) is 0 Å². The van der Waals surface area contributed by atoms with E-state index in [9.17, 15) is 9.90 Å². The summed E-state index contributed by atoms with van der Waals surface area (Å²) in [6.45, 7) is 4.73. The van der Waals surface area contributed by atoms with Gasteiger partial charge in [-0.15, -0.1) is 12.4 Å². The van der Waals surface area contributed by atoms with Gasteiger partial charge in [0.2, 0.25) is 5.91 Å². The van der Waals surface area contributed by atoms with Crippen LogP contribution in [0.25, 0.3) is 0 Å². The largest absolute Gasteiger partial charge is 0.393 e. The zero-order chi connectivity index (χ0) is 12.5.